The summed E-state index contributed by atoms with van der Waals surface area (Å²) in [4.78, 5) is 26.9. The highest BCUT2D eigenvalue weighted by atomic mass is 16.5. The Kier molecular flexibility index (Phi) is 7.38. The fourth-order valence-electron chi connectivity index (χ4n) is 3.43. The Labute approximate surface area is 159 Å². The summed E-state index contributed by atoms with van der Waals surface area (Å²) in [6.45, 7) is 7.95. The van der Waals surface area contributed by atoms with E-state index in [1.54, 1.807) is 18.9 Å². The smallest absolute Gasteiger partial charge is 0.344 e. The number of hydrogen-bond acceptors (Lipinski definition) is 5. The summed E-state index contributed by atoms with van der Waals surface area (Å²) in [5.41, 5.74) is 2.78. The number of anilines is 1. The van der Waals surface area contributed by atoms with Gasteiger partial charge in [0.05, 0.1) is 13.2 Å². The van der Waals surface area contributed by atoms with Crippen molar-refractivity contribution in [3.05, 3.63) is 40.6 Å². The number of hydrogen-bond donors (Lipinski definition) is 2. The molecule has 1 aliphatic heterocycles. The molecule has 0 aliphatic carbocycles. The maximum atomic E-state index is 11.4. The van der Waals surface area contributed by atoms with Gasteiger partial charge in [0.25, 0.3) is 0 Å². The first kappa shape index (κ1) is 20.9. The number of carbonyl (C=O) groups is 2. The van der Waals surface area contributed by atoms with Crippen molar-refractivity contribution >= 4 is 17.6 Å². The number of ether oxygens (including phenoxy) is 1. The Balaban J connectivity index is 2.34. The van der Waals surface area contributed by atoms with E-state index in [0.29, 0.717) is 6.42 Å². The third-order valence-corrected chi connectivity index (χ3v) is 4.85. The van der Waals surface area contributed by atoms with E-state index in [1.165, 1.54) is 5.56 Å². The highest BCUT2D eigenvalue weighted by Gasteiger charge is 2.25. The maximum absolute atomic E-state index is 11.4. The summed E-state index contributed by atoms with van der Waals surface area (Å²) in [5, 5.41) is 18.6. The Hall–Kier alpha value is -2.38. The lowest BCUT2D eigenvalue weighted by Gasteiger charge is -2.28. The van der Waals surface area contributed by atoms with Crippen LogP contribution in [-0.4, -0.2) is 60.4 Å². The zero-order valence-electron chi connectivity index (χ0n) is 16.2. The molecule has 0 amide bonds. The number of carboxylic acids is 2. The molecule has 1 aliphatic rings. The van der Waals surface area contributed by atoms with Crippen LogP contribution in [0.3, 0.4) is 0 Å². The number of nitrogens with zero attached hydrogens (tertiary/aromatic N) is 2. The number of benzene rings is 1. The van der Waals surface area contributed by atoms with Crippen LogP contribution in [0.15, 0.2) is 29.5 Å². The Morgan fingerprint density at radius 1 is 1.15 bits per heavy atom. The molecule has 0 atom stereocenters. The van der Waals surface area contributed by atoms with Crippen molar-refractivity contribution in [2.75, 3.05) is 38.3 Å². The lowest BCUT2D eigenvalue weighted by atomic mass is 10.0. The van der Waals surface area contributed by atoms with Crippen molar-refractivity contribution in [3.8, 4) is 0 Å². The molecule has 7 heteroatoms. The monoisotopic (exact) mass is 376 g/mol. The fourth-order valence-corrected chi connectivity index (χ4v) is 3.43. The molecule has 0 bridgehead atoms. The van der Waals surface area contributed by atoms with E-state index in [9.17, 15) is 19.8 Å². The van der Waals surface area contributed by atoms with Gasteiger partial charge in [-0.2, -0.15) is 0 Å². The molecule has 1 aromatic rings. The molecule has 1 fully saturated rings. The van der Waals surface area contributed by atoms with Crippen LogP contribution in [0.4, 0.5) is 5.69 Å². The summed E-state index contributed by atoms with van der Waals surface area (Å²) >= 11 is 0. The second kappa shape index (κ2) is 9.53. The van der Waals surface area contributed by atoms with E-state index in [0.717, 1.165) is 50.5 Å². The van der Waals surface area contributed by atoms with Gasteiger partial charge >= 0.3 is 11.9 Å². The van der Waals surface area contributed by atoms with Crippen LogP contribution < -0.4 is 4.90 Å². The van der Waals surface area contributed by atoms with Crippen molar-refractivity contribution in [3.63, 3.8) is 0 Å². The fraction of sp³-hybridized carbons (Fsp3) is 0.500. The number of carboxylic acid groups (broad SMARTS) is 2. The predicted octanol–water partition coefficient (Wildman–Crippen LogP) is 2.35. The Bertz CT molecular complexity index is 707. The minimum absolute atomic E-state index is 0.283. The van der Waals surface area contributed by atoms with Crippen molar-refractivity contribution in [1.29, 1.82) is 0 Å². The van der Waals surface area contributed by atoms with Gasteiger partial charge in [0.2, 0.25) is 0 Å². The molecule has 0 aromatic heterocycles. The molecular weight excluding hydrogens is 348 g/mol. The van der Waals surface area contributed by atoms with E-state index in [-0.39, 0.29) is 5.70 Å². The predicted molar refractivity (Wildman–Crippen MR) is 103 cm³/mol. The van der Waals surface area contributed by atoms with Gasteiger partial charge in [-0.15, -0.1) is 0 Å². The first-order chi connectivity index (χ1) is 12.9. The minimum Gasteiger partial charge on any atom is -0.477 e. The summed E-state index contributed by atoms with van der Waals surface area (Å²) in [5.74, 6) is -2.85. The van der Waals surface area contributed by atoms with Crippen LogP contribution in [-0.2, 0) is 27.3 Å². The number of aryl methyl sites for hydroxylation is 1. The van der Waals surface area contributed by atoms with Crippen LogP contribution in [0.1, 0.15) is 31.4 Å². The van der Waals surface area contributed by atoms with Gasteiger partial charge in [-0.25, -0.2) is 9.59 Å². The standard InChI is InChI=1S/C20H28N2O5/c1-4-15-12-14(13-22-8-10-27-11-9-22)6-7-17(15)21(3)16(5-2)18(19(23)24)20(25)26/h6-7,12H,4-5,8-11,13H2,1-3H3,(H,23,24)(H,25,26). The van der Waals surface area contributed by atoms with E-state index >= 15 is 0 Å². The van der Waals surface area contributed by atoms with Crippen molar-refractivity contribution in [2.45, 2.75) is 33.2 Å². The molecule has 1 aromatic carbocycles. The molecule has 0 unspecified atom stereocenters. The Morgan fingerprint density at radius 3 is 2.30 bits per heavy atom. The van der Waals surface area contributed by atoms with Crippen molar-refractivity contribution < 1.29 is 24.5 Å². The molecule has 1 saturated heterocycles. The second-order valence-corrected chi connectivity index (χ2v) is 6.55. The van der Waals surface area contributed by atoms with Gasteiger partial charge in [0.1, 0.15) is 0 Å². The molecule has 148 valence electrons. The number of morpholine rings is 1. The maximum Gasteiger partial charge on any atom is 0.344 e. The third-order valence-electron chi connectivity index (χ3n) is 4.85. The lowest BCUT2D eigenvalue weighted by Crippen LogP contribution is -2.35. The van der Waals surface area contributed by atoms with E-state index in [2.05, 4.69) is 11.0 Å². The molecule has 0 spiro atoms. The lowest BCUT2D eigenvalue weighted by molar-refractivity contribution is -0.140. The molecule has 2 rings (SSSR count). The average molecular weight is 376 g/mol. The molecular formula is C20H28N2O5. The minimum atomic E-state index is -1.42. The van der Waals surface area contributed by atoms with Gasteiger partial charge in [-0.3, -0.25) is 4.90 Å². The second-order valence-electron chi connectivity index (χ2n) is 6.55. The first-order valence-corrected chi connectivity index (χ1v) is 9.24. The summed E-state index contributed by atoms with van der Waals surface area (Å²) in [6.07, 6.45) is 1.08. The molecule has 0 radical (unpaired) electrons. The van der Waals surface area contributed by atoms with Gasteiger partial charge < -0.3 is 19.8 Å². The normalized spacial score (nSPS) is 14.6. The zero-order valence-corrected chi connectivity index (χ0v) is 16.2. The van der Waals surface area contributed by atoms with Gasteiger partial charge in [0, 0.05) is 38.1 Å². The number of allylic oxidation sites excluding steroid dienone is 1. The quantitative estimate of drug-likeness (QED) is 0.409. The SMILES string of the molecule is CCC(=C(C(=O)O)C(=O)O)N(C)c1ccc(CN2CCOCC2)cc1CC. The topological polar surface area (TPSA) is 90.3 Å². The van der Waals surface area contributed by atoms with Gasteiger partial charge in [-0.05, 0) is 30.0 Å². The molecule has 7 nitrogen and oxygen atoms in total. The molecule has 2 N–H and O–H groups in total. The van der Waals surface area contributed by atoms with Crippen LogP contribution in [0.2, 0.25) is 0 Å². The van der Waals surface area contributed by atoms with E-state index < -0.39 is 17.5 Å². The highest BCUT2D eigenvalue weighted by Crippen LogP contribution is 2.28. The molecule has 27 heavy (non-hydrogen) atoms. The van der Waals surface area contributed by atoms with Crippen LogP contribution >= 0.6 is 0 Å². The molecule has 0 saturated carbocycles. The van der Waals surface area contributed by atoms with Crippen LogP contribution in [0, 0.1) is 0 Å². The van der Waals surface area contributed by atoms with Gasteiger partial charge in [-0.1, -0.05) is 26.0 Å². The van der Waals surface area contributed by atoms with Crippen LogP contribution in [0.5, 0.6) is 0 Å². The number of rotatable bonds is 8. The number of aliphatic carboxylic acids is 2. The Morgan fingerprint density at radius 2 is 1.78 bits per heavy atom. The highest BCUT2D eigenvalue weighted by molar-refractivity contribution is 6.13. The van der Waals surface area contributed by atoms with Crippen molar-refractivity contribution in [2.24, 2.45) is 0 Å². The zero-order chi connectivity index (χ0) is 20.0. The largest absolute Gasteiger partial charge is 0.477 e. The van der Waals surface area contributed by atoms with Crippen molar-refractivity contribution in [1.82, 2.24) is 4.90 Å². The summed E-state index contributed by atoms with van der Waals surface area (Å²) in [6, 6.07) is 6.09. The summed E-state index contributed by atoms with van der Waals surface area (Å²) < 4.78 is 5.38. The van der Waals surface area contributed by atoms with E-state index in [1.807, 2.05) is 19.1 Å². The molecule has 1 heterocycles. The average Bonchev–Trinajstić information content (AvgIpc) is 2.65. The third kappa shape index (κ3) is 5.08. The van der Waals surface area contributed by atoms with E-state index in [4.69, 9.17) is 4.74 Å². The first-order valence-electron chi connectivity index (χ1n) is 9.24. The van der Waals surface area contributed by atoms with Gasteiger partial charge in [0.15, 0.2) is 5.57 Å². The van der Waals surface area contributed by atoms with Crippen LogP contribution in [0.25, 0.3) is 0 Å². The summed E-state index contributed by atoms with van der Waals surface area (Å²) in [7, 11) is 1.72.